The summed E-state index contributed by atoms with van der Waals surface area (Å²) >= 11 is 0. The van der Waals surface area contributed by atoms with E-state index in [9.17, 15) is 14.7 Å². The fraction of sp³-hybridized carbons (Fsp3) is 0.143. The molecule has 0 saturated carbocycles. The molecule has 0 radical (unpaired) electrons. The summed E-state index contributed by atoms with van der Waals surface area (Å²) in [6, 6.07) is 8.04. The molecule has 5 heteroatoms. The number of hydrogen-bond donors (Lipinski definition) is 2. The van der Waals surface area contributed by atoms with Crippen LogP contribution in [0.25, 0.3) is 0 Å². The second-order valence-corrected chi connectivity index (χ2v) is 4.05. The third-order valence-electron chi connectivity index (χ3n) is 2.69. The summed E-state index contributed by atoms with van der Waals surface area (Å²) in [6.45, 7) is 1.31. The molecule has 1 heterocycles. The van der Waals surface area contributed by atoms with Crippen LogP contribution in [0.5, 0.6) is 5.75 Å². The van der Waals surface area contributed by atoms with Gasteiger partial charge in [-0.15, -0.1) is 0 Å². The average molecular weight is 259 g/mol. The van der Waals surface area contributed by atoms with Crippen molar-refractivity contribution in [2.45, 2.75) is 6.92 Å². The van der Waals surface area contributed by atoms with Gasteiger partial charge in [0.25, 0.3) is 0 Å². The van der Waals surface area contributed by atoms with Crippen LogP contribution < -0.4 is 0 Å². The summed E-state index contributed by atoms with van der Waals surface area (Å²) < 4.78 is 4.88. The molecule has 0 spiro atoms. The molecule has 2 N–H and O–H groups in total. The molecule has 0 fully saturated rings. The summed E-state index contributed by atoms with van der Waals surface area (Å²) in [7, 11) is 0. The molecule has 1 aromatic heterocycles. The van der Waals surface area contributed by atoms with Crippen LogP contribution in [0.4, 0.5) is 0 Å². The lowest BCUT2D eigenvalue weighted by atomic mass is 10.1. The highest BCUT2D eigenvalue weighted by atomic mass is 16.5. The molecule has 98 valence electrons. The van der Waals surface area contributed by atoms with Crippen molar-refractivity contribution in [3.05, 3.63) is 53.3 Å². The normalized spacial score (nSPS) is 10.2. The molecule has 0 aliphatic rings. The molecule has 0 aliphatic carbocycles. The predicted octanol–water partition coefficient (Wildman–Crippen LogP) is 2.07. The maximum Gasteiger partial charge on any atom is 0.342 e. The Balaban J connectivity index is 2.02. The number of H-pyrrole nitrogens is 1. The number of carbonyl (C=O) groups is 2. The van der Waals surface area contributed by atoms with Gasteiger partial charge < -0.3 is 14.8 Å². The zero-order valence-corrected chi connectivity index (χ0v) is 10.3. The van der Waals surface area contributed by atoms with Gasteiger partial charge in [-0.3, -0.25) is 4.79 Å². The van der Waals surface area contributed by atoms with Gasteiger partial charge in [0.2, 0.25) is 5.78 Å². The summed E-state index contributed by atoms with van der Waals surface area (Å²) in [5.74, 6) is -1.17. The highest BCUT2D eigenvalue weighted by Gasteiger charge is 2.16. The number of hydrogen-bond acceptors (Lipinski definition) is 4. The van der Waals surface area contributed by atoms with Crippen molar-refractivity contribution in [1.82, 2.24) is 4.98 Å². The first-order valence-electron chi connectivity index (χ1n) is 5.72. The Morgan fingerprint density at radius 2 is 2.05 bits per heavy atom. The number of ether oxygens (including phenoxy) is 1. The summed E-state index contributed by atoms with van der Waals surface area (Å²) in [5, 5.41) is 9.73. The molecule has 19 heavy (non-hydrogen) atoms. The molecule has 2 rings (SSSR count). The topological polar surface area (TPSA) is 79.4 Å². The molecular formula is C14H13NO4. The number of rotatable bonds is 4. The Morgan fingerprint density at radius 1 is 1.26 bits per heavy atom. The van der Waals surface area contributed by atoms with Crippen molar-refractivity contribution < 1.29 is 19.4 Å². The Morgan fingerprint density at radius 3 is 2.74 bits per heavy atom. The van der Waals surface area contributed by atoms with Crippen molar-refractivity contribution in [2.24, 2.45) is 0 Å². The SMILES string of the molecule is Cc1cccc(C(=O)OCC(=O)c2ccc[nH]2)c1O. The van der Waals surface area contributed by atoms with Gasteiger partial charge in [-0.25, -0.2) is 4.79 Å². The minimum Gasteiger partial charge on any atom is -0.507 e. The van der Waals surface area contributed by atoms with E-state index in [1.807, 2.05) is 0 Å². The summed E-state index contributed by atoms with van der Waals surface area (Å²) in [6.07, 6.45) is 1.61. The smallest absolute Gasteiger partial charge is 0.342 e. The van der Waals surface area contributed by atoms with E-state index in [0.29, 0.717) is 11.3 Å². The number of aryl methyl sites for hydroxylation is 1. The number of phenolic OH excluding ortho intramolecular Hbond substituents is 1. The van der Waals surface area contributed by atoms with E-state index in [1.54, 1.807) is 37.4 Å². The van der Waals surface area contributed by atoms with Gasteiger partial charge in [0.15, 0.2) is 6.61 Å². The van der Waals surface area contributed by atoms with Gasteiger partial charge in [-0.05, 0) is 30.7 Å². The van der Waals surface area contributed by atoms with Crippen LogP contribution in [0.2, 0.25) is 0 Å². The van der Waals surface area contributed by atoms with Gasteiger partial charge in [0.1, 0.15) is 11.3 Å². The lowest BCUT2D eigenvalue weighted by Crippen LogP contribution is -2.14. The first-order chi connectivity index (χ1) is 9.09. The minimum atomic E-state index is -0.721. The molecule has 0 bridgehead atoms. The van der Waals surface area contributed by atoms with Gasteiger partial charge >= 0.3 is 5.97 Å². The molecule has 0 aliphatic heterocycles. The van der Waals surface area contributed by atoms with Gasteiger partial charge in [0, 0.05) is 6.20 Å². The van der Waals surface area contributed by atoms with E-state index in [2.05, 4.69) is 4.98 Å². The van der Waals surface area contributed by atoms with Crippen molar-refractivity contribution >= 4 is 11.8 Å². The fourth-order valence-electron chi connectivity index (χ4n) is 1.61. The second-order valence-electron chi connectivity index (χ2n) is 4.05. The molecule has 1 aromatic carbocycles. The second kappa shape index (κ2) is 5.39. The minimum absolute atomic E-state index is 0.0549. The number of phenols is 1. The molecule has 2 aromatic rings. The largest absolute Gasteiger partial charge is 0.507 e. The van der Waals surface area contributed by atoms with Crippen LogP contribution in [-0.2, 0) is 4.74 Å². The number of carbonyl (C=O) groups excluding carboxylic acids is 2. The Bertz CT molecular complexity index is 602. The number of benzene rings is 1. The Kier molecular flexibility index (Phi) is 3.66. The van der Waals surface area contributed by atoms with Crippen molar-refractivity contribution in [3.8, 4) is 5.75 Å². The average Bonchev–Trinajstić information content (AvgIpc) is 2.93. The first kappa shape index (κ1) is 12.9. The van der Waals surface area contributed by atoms with Crippen LogP contribution in [0.15, 0.2) is 36.5 Å². The van der Waals surface area contributed by atoms with E-state index < -0.39 is 5.97 Å². The van der Waals surface area contributed by atoms with Crippen LogP contribution in [-0.4, -0.2) is 28.4 Å². The number of aromatic hydroxyl groups is 1. The monoisotopic (exact) mass is 259 g/mol. The molecule has 5 nitrogen and oxygen atoms in total. The zero-order valence-electron chi connectivity index (χ0n) is 10.3. The number of aromatic nitrogens is 1. The van der Waals surface area contributed by atoms with Crippen LogP contribution in [0.1, 0.15) is 26.4 Å². The molecule has 0 atom stereocenters. The highest BCUT2D eigenvalue weighted by molar-refractivity contribution is 5.98. The number of ketones is 1. The first-order valence-corrected chi connectivity index (χ1v) is 5.72. The Labute approximate surface area is 109 Å². The fourth-order valence-corrected chi connectivity index (χ4v) is 1.61. The maximum atomic E-state index is 11.7. The maximum absolute atomic E-state index is 11.7. The summed E-state index contributed by atoms with van der Waals surface area (Å²) in [4.78, 5) is 26.1. The number of para-hydroxylation sites is 1. The van der Waals surface area contributed by atoms with E-state index in [0.717, 1.165) is 0 Å². The van der Waals surface area contributed by atoms with Crippen molar-refractivity contribution in [2.75, 3.05) is 6.61 Å². The quantitative estimate of drug-likeness (QED) is 0.650. The van der Waals surface area contributed by atoms with Crippen molar-refractivity contribution in [3.63, 3.8) is 0 Å². The molecule has 0 saturated heterocycles. The van der Waals surface area contributed by atoms with E-state index >= 15 is 0 Å². The van der Waals surface area contributed by atoms with E-state index in [4.69, 9.17) is 4.74 Å². The molecule has 0 amide bonds. The van der Waals surface area contributed by atoms with Crippen molar-refractivity contribution in [1.29, 1.82) is 0 Å². The number of Topliss-reactive ketones (excluding diaryl/α,β-unsaturated/α-hetero) is 1. The van der Waals surface area contributed by atoms with Crippen LogP contribution in [0.3, 0.4) is 0 Å². The zero-order chi connectivity index (χ0) is 13.8. The summed E-state index contributed by atoms with van der Waals surface area (Å²) in [5.41, 5.74) is 1.01. The molecular weight excluding hydrogens is 246 g/mol. The lowest BCUT2D eigenvalue weighted by molar-refractivity contribution is 0.0470. The Hall–Kier alpha value is -2.56. The predicted molar refractivity (Wildman–Crippen MR) is 68.2 cm³/mol. The molecule has 0 unspecified atom stereocenters. The van der Waals surface area contributed by atoms with E-state index in [-0.39, 0.29) is 23.7 Å². The number of esters is 1. The third kappa shape index (κ3) is 2.82. The standard InChI is InChI=1S/C14H13NO4/c1-9-4-2-5-10(13(9)17)14(18)19-8-12(16)11-6-3-7-15-11/h2-7,15,17H,8H2,1H3. The number of aromatic amines is 1. The van der Waals surface area contributed by atoms with Gasteiger partial charge in [0.05, 0.1) is 5.69 Å². The van der Waals surface area contributed by atoms with Crippen LogP contribution in [0, 0.1) is 6.92 Å². The number of nitrogens with one attached hydrogen (secondary N) is 1. The van der Waals surface area contributed by atoms with E-state index in [1.165, 1.54) is 6.07 Å². The van der Waals surface area contributed by atoms with Crippen LogP contribution >= 0.6 is 0 Å². The highest BCUT2D eigenvalue weighted by Crippen LogP contribution is 2.22. The third-order valence-corrected chi connectivity index (χ3v) is 2.69. The van der Waals surface area contributed by atoms with Gasteiger partial charge in [-0.2, -0.15) is 0 Å². The lowest BCUT2D eigenvalue weighted by Gasteiger charge is -2.06. The van der Waals surface area contributed by atoms with Gasteiger partial charge in [-0.1, -0.05) is 12.1 Å².